The minimum Gasteiger partial charge on any atom is -0.380 e. The van der Waals surface area contributed by atoms with Gasteiger partial charge in [0.2, 0.25) is 0 Å². The lowest BCUT2D eigenvalue weighted by Crippen LogP contribution is -2.27. The second-order valence-corrected chi connectivity index (χ2v) is 5.24. The largest absolute Gasteiger partial charge is 0.380 e. The maximum Gasteiger partial charge on any atom is 0.315 e. The van der Waals surface area contributed by atoms with Crippen LogP contribution in [-0.4, -0.2) is 24.1 Å². The molecule has 1 aliphatic carbocycles. The van der Waals surface area contributed by atoms with E-state index in [0.717, 1.165) is 37.9 Å². The van der Waals surface area contributed by atoms with Gasteiger partial charge in [-0.25, -0.2) is 0 Å². The van der Waals surface area contributed by atoms with Gasteiger partial charge >= 0.3 is 5.69 Å². The fraction of sp³-hybridized carbons (Fsp3) is 0.600. The fourth-order valence-corrected chi connectivity index (χ4v) is 2.50. The number of unbranched alkanes of at least 4 members (excludes halogenated alkanes) is 1. The van der Waals surface area contributed by atoms with Crippen LogP contribution in [-0.2, 0) is 0 Å². The molecule has 0 aliphatic heterocycles. The summed E-state index contributed by atoms with van der Waals surface area (Å²) in [6, 6.07) is 6.06. The van der Waals surface area contributed by atoms with Gasteiger partial charge in [-0.15, -0.1) is 0 Å². The molecule has 0 bridgehead atoms. The Balaban J connectivity index is 2.36. The van der Waals surface area contributed by atoms with Crippen molar-refractivity contribution in [3.63, 3.8) is 0 Å². The van der Waals surface area contributed by atoms with Crippen LogP contribution < -0.4 is 10.2 Å². The molecule has 1 aliphatic rings. The van der Waals surface area contributed by atoms with Gasteiger partial charge in [0.15, 0.2) is 0 Å². The Morgan fingerprint density at radius 3 is 2.70 bits per heavy atom. The Morgan fingerprint density at radius 1 is 1.40 bits per heavy atom. The van der Waals surface area contributed by atoms with E-state index in [9.17, 15) is 10.1 Å². The molecule has 0 amide bonds. The Morgan fingerprint density at radius 2 is 2.15 bits per heavy atom. The summed E-state index contributed by atoms with van der Waals surface area (Å²) in [4.78, 5) is 13.4. The Labute approximate surface area is 120 Å². The minimum absolute atomic E-state index is 0.220. The molecule has 5 nitrogen and oxygen atoms in total. The molecule has 1 aromatic carbocycles. The third-order valence-corrected chi connectivity index (χ3v) is 3.61. The highest BCUT2D eigenvalue weighted by atomic mass is 16.6. The topological polar surface area (TPSA) is 58.4 Å². The molecule has 1 fully saturated rings. The maximum absolute atomic E-state index is 11.5. The van der Waals surface area contributed by atoms with Crippen LogP contribution in [0.25, 0.3) is 0 Å². The number of anilines is 2. The number of benzene rings is 1. The van der Waals surface area contributed by atoms with Crippen molar-refractivity contribution in [2.24, 2.45) is 0 Å². The van der Waals surface area contributed by atoms with Crippen LogP contribution in [0.5, 0.6) is 0 Å². The zero-order chi connectivity index (χ0) is 14.5. The first-order valence-corrected chi connectivity index (χ1v) is 7.47. The highest BCUT2D eigenvalue weighted by Gasteiger charge is 2.33. The zero-order valence-corrected chi connectivity index (χ0v) is 12.3. The molecule has 0 radical (unpaired) electrons. The smallest absolute Gasteiger partial charge is 0.315 e. The molecule has 1 saturated carbocycles. The fourth-order valence-electron chi connectivity index (χ4n) is 2.50. The number of nitro groups is 1. The van der Waals surface area contributed by atoms with Gasteiger partial charge in [-0.1, -0.05) is 19.4 Å². The predicted octanol–water partition coefficient (Wildman–Crippen LogP) is 3.80. The van der Waals surface area contributed by atoms with E-state index < -0.39 is 0 Å². The van der Waals surface area contributed by atoms with Gasteiger partial charge in [-0.2, -0.15) is 0 Å². The van der Waals surface area contributed by atoms with Crippen LogP contribution >= 0.6 is 0 Å². The van der Waals surface area contributed by atoms with Crippen molar-refractivity contribution >= 4 is 17.1 Å². The lowest BCUT2D eigenvalue weighted by Gasteiger charge is -2.25. The molecule has 0 saturated heterocycles. The quantitative estimate of drug-likeness (QED) is 0.580. The van der Waals surface area contributed by atoms with Crippen LogP contribution in [0.15, 0.2) is 18.2 Å². The summed E-state index contributed by atoms with van der Waals surface area (Å²) in [6.07, 6.45) is 4.46. The van der Waals surface area contributed by atoms with E-state index in [4.69, 9.17) is 0 Å². The van der Waals surface area contributed by atoms with Crippen LogP contribution in [0, 0.1) is 10.1 Å². The van der Waals surface area contributed by atoms with Crippen molar-refractivity contribution in [3.8, 4) is 0 Å². The van der Waals surface area contributed by atoms with E-state index in [0.29, 0.717) is 18.3 Å². The molecular formula is C15H23N3O2. The second-order valence-electron chi connectivity index (χ2n) is 5.24. The third-order valence-electron chi connectivity index (χ3n) is 3.61. The van der Waals surface area contributed by atoms with E-state index in [-0.39, 0.29) is 10.6 Å². The first-order chi connectivity index (χ1) is 9.69. The van der Waals surface area contributed by atoms with Gasteiger partial charge in [0.25, 0.3) is 0 Å². The second kappa shape index (κ2) is 6.59. The van der Waals surface area contributed by atoms with Gasteiger partial charge in [0, 0.05) is 19.1 Å². The number of nitro benzene ring substituents is 1. The molecule has 110 valence electrons. The van der Waals surface area contributed by atoms with Crippen LogP contribution in [0.1, 0.15) is 39.5 Å². The van der Waals surface area contributed by atoms with E-state index in [1.807, 2.05) is 19.1 Å². The highest BCUT2D eigenvalue weighted by molar-refractivity contribution is 5.77. The van der Waals surface area contributed by atoms with Crippen LogP contribution in [0.2, 0.25) is 0 Å². The predicted molar refractivity (Wildman–Crippen MR) is 82.5 cm³/mol. The van der Waals surface area contributed by atoms with Gasteiger partial charge < -0.3 is 10.2 Å². The molecule has 0 atom stereocenters. The van der Waals surface area contributed by atoms with Crippen molar-refractivity contribution in [1.29, 1.82) is 0 Å². The number of hydrogen-bond acceptors (Lipinski definition) is 4. The molecular weight excluding hydrogens is 254 g/mol. The van der Waals surface area contributed by atoms with Crippen LogP contribution in [0.3, 0.4) is 0 Å². The lowest BCUT2D eigenvalue weighted by atomic mass is 10.2. The summed E-state index contributed by atoms with van der Waals surface area (Å²) in [5.74, 6) is 0. The first-order valence-electron chi connectivity index (χ1n) is 7.47. The Kier molecular flexibility index (Phi) is 4.82. The van der Waals surface area contributed by atoms with Crippen molar-refractivity contribution < 1.29 is 4.92 Å². The van der Waals surface area contributed by atoms with Crippen molar-refractivity contribution in [2.75, 3.05) is 23.3 Å². The normalized spacial score (nSPS) is 14.1. The number of para-hydroxylation sites is 1. The zero-order valence-electron chi connectivity index (χ0n) is 12.3. The third kappa shape index (κ3) is 3.21. The van der Waals surface area contributed by atoms with Gasteiger partial charge in [-0.05, 0) is 38.3 Å². The molecule has 1 aromatic rings. The van der Waals surface area contributed by atoms with E-state index in [1.165, 1.54) is 0 Å². The Hall–Kier alpha value is -1.78. The maximum atomic E-state index is 11.5. The number of nitrogens with one attached hydrogen (secondary N) is 1. The number of nitrogens with zero attached hydrogens (tertiary/aromatic N) is 2. The highest BCUT2D eigenvalue weighted by Crippen LogP contribution is 2.40. The van der Waals surface area contributed by atoms with E-state index >= 15 is 0 Å². The standard InChI is InChI=1S/C15H23N3O2/c1-3-5-11-17(12-9-10-12)14-8-6-7-13(16-4-2)15(14)18(19)20/h6-8,12,16H,3-5,9-11H2,1-2H3. The molecule has 0 unspecified atom stereocenters. The molecule has 0 spiro atoms. The first kappa shape index (κ1) is 14.6. The van der Waals surface area contributed by atoms with Crippen molar-refractivity contribution in [1.82, 2.24) is 0 Å². The molecule has 20 heavy (non-hydrogen) atoms. The van der Waals surface area contributed by atoms with Gasteiger partial charge in [0.1, 0.15) is 11.4 Å². The molecule has 1 N–H and O–H groups in total. The minimum atomic E-state index is -0.255. The number of hydrogen-bond donors (Lipinski definition) is 1. The summed E-state index contributed by atoms with van der Waals surface area (Å²) < 4.78 is 0. The van der Waals surface area contributed by atoms with Crippen LogP contribution in [0.4, 0.5) is 17.1 Å². The van der Waals surface area contributed by atoms with Gasteiger partial charge in [-0.3, -0.25) is 10.1 Å². The summed E-state index contributed by atoms with van der Waals surface area (Å²) in [5, 5.41) is 14.6. The summed E-state index contributed by atoms with van der Waals surface area (Å²) in [6.45, 7) is 5.68. The van der Waals surface area contributed by atoms with Gasteiger partial charge in [0.05, 0.1) is 4.92 Å². The summed E-state index contributed by atoms with van der Waals surface area (Å²) in [7, 11) is 0. The average molecular weight is 277 g/mol. The molecule has 2 rings (SSSR count). The Bertz CT molecular complexity index is 472. The van der Waals surface area contributed by atoms with E-state index in [1.54, 1.807) is 6.07 Å². The number of rotatable bonds is 8. The van der Waals surface area contributed by atoms with E-state index in [2.05, 4.69) is 17.1 Å². The average Bonchev–Trinajstić information content (AvgIpc) is 3.24. The summed E-state index contributed by atoms with van der Waals surface area (Å²) in [5.41, 5.74) is 1.61. The lowest BCUT2D eigenvalue weighted by molar-refractivity contribution is -0.383. The molecule has 0 heterocycles. The van der Waals surface area contributed by atoms with Crippen molar-refractivity contribution in [2.45, 2.75) is 45.6 Å². The molecule has 5 heteroatoms. The SMILES string of the molecule is CCCCN(c1cccc(NCC)c1[N+](=O)[O-])C1CC1. The monoisotopic (exact) mass is 277 g/mol. The van der Waals surface area contributed by atoms with Crippen molar-refractivity contribution in [3.05, 3.63) is 28.3 Å². The molecule has 0 aromatic heterocycles. The summed E-state index contributed by atoms with van der Waals surface area (Å²) >= 11 is 0.